The number of hydrogen-bond donors (Lipinski definition) is 2. The van der Waals surface area contributed by atoms with Crippen molar-refractivity contribution in [1.29, 1.82) is 0 Å². The molecular weight excluding hydrogens is 252 g/mol. The molecule has 0 aliphatic heterocycles. The maximum absolute atomic E-state index is 11.2. The summed E-state index contributed by atoms with van der Waals surface area (Å²) in [5, 5.41) is 8.45. The van der Waals surface area contributed by atoms with Crippen LogP contribution in [0.1, 0.15) is 6.42 Å². The van der Waals surface area contributed by atoms with Crippen LogP contribution in [0.4, 0.5) is 5.69 Å². The van der Waals surface area contributed by atoms with E-state index in [0.29, 0.717) is 11.0 Å². The molecule has 0 aliphatic carbocycles. The minimum absolute atomic E-state index is 0.00521. The Labute approximate surface area is 88.3 Å². The van der Waals surface area contributed by atoms with Gasteiger partial charge in [-0.3, -0.25) is 9.59 Å². The third kappa shape index (κ3) is 2.59. The van der Waals surface area contributed by atoms with Crippen LogP contribution in [0.3, 0.4) is 0 Å². The zero-order chi connectivity index (χ0) is 10.7. The first-order valence-corrected chi connectivity index (χ1v) is 4.67. The lowest BCUT2D eigenvalue weighted by atomic mass is 10.3. The van der Waals surface area contributed by atoms with Crippen molar-refractivity contribution in [3.8, 4) is 0 Å². The molecule has 0 unspecified atom stereocenters. The first-order chi connectivity index (χ1) is 6.50. The summed E-state index contributed by atoms with van der Waals surface area (Å²) in [7, 11) is 0. The van der Waals surface area contributed by atoms with Gasteiger partial charge in [-0.05, 0) is 15.9 Å². The molecule has 0 fully saturated rings. The van der Waals surface area contributed by atoms with Crippen LogP contribution in [0, 0.1) is 0 Å². The zero-order valence-electron chi connectivity index (χ0n) is 7.24. The second-order valence-corrected chi connectivity index (χ2v) is 3.63. The molecule has 1 aromatic rings. The quantitative estimate of drug-likeness (QED) is 0.837. The smallest absolute Gasteiger partial charge is 0.305 e. The van der Waals surface area contributed by atoms with Gasteiger partial charge in [0.1, 0.15) is 0 Å². The molecule has 0 atom stereocenters. The molecule has 5 nitrogen and oxygen atoms in total. The molecule has 6 heteroatoms. The molecule has 76 valence electrons. The molecule has 0 radical (unpaired) electrons. The van der Waals surface area contributed by atoms with Crippen molar-refractivity contribution < 1.29 is 9.90 Å². The van der Waals surface area contributed by atoms with Crippen LogP contribution in [0.25, 0.3) is 0 Å². The number of nitrogen functional groups attached to an aromatic ring is 1. The number of halogens is 1. The number of carboxylic acid groups (broad SMARTS) is 1. The van der Waals surface area contributed by atoms with Gasteiger partial charge in [-0.25, -0.2) is 0 Å². The summed E-state index contributed by atoms with van der Waals surface area (Å²) in [6, 6.07) is 0. The van der Waals surface area contributed by atoms with Crippen molar-refractivity contribution >= 4 is 27.6 Å². The Morgan fingerprint density at radius 2 is 2.21 bits per heavy atom. The number of carbonyl (C=O) groups is 1. The Balaban J connectivity index is 2.90. The number of pyridine rings is 1. The van der Waals surface area contributed by atoms with Gasteiger partial charge < -0.3 is 15.4 Å². The molecule has 0 bridgehead atoms. The van der Waals surface area contributed by atoms with Crippen LogP contribution in [0.15, 0.2) is 21.7 Å². The normalized spacial score (nSPS) is 10.1. The highest BCUT2D eigenvalue weighted by molar-refractivity contribution is 9.10. The number of anilines is 1. The van der Waals surface area contributed by atoms with Crippen molar-refractivity contribution in [2.24, 2.45) is 0 Å². The molecule has 1 heterocycles. The fraction of sp³-hybridized carbons (Fsp3) is 0.250. The van der Waals surface area contributed by atoms with E-state index in [0.717, 1.165) is 0 Å². The van der Waals surface area contributed by atoms with E-state index in [4.69, 9.17) is 10.8 Å². The van der Waals surface area contributed by atoms with Crippen molar-refractivity contribution in [1.82, 2.24) is 4.57 Å². The lowest BCUT2D eigenvalue weighted by Crippen LogP contribution is -2.14. The zero-order valence-corrected chi connectivity index (χ0v) is 8.82. The number of hydrogen-bond acceptors (Lipinski definition) is 3. The average molecular weight is 261 g/mol. The van der Waals surface area contributed by atoms with Crippen LogP contribution in [0.2, 0.25) is 0 Å². The number of aryl methyl sites for hydroxylation is 1. The molecule has 0 aromatic carbocycles. The van der Waals surface area contributed by atoms with Gasteiger partial charge in [-0.15, -0.1) is 0 Å². The van der Waals surface area contributed by atoms with Crippen LogP contribution in [-0.2, 0) is 11.3 Å². The van der Waals surface area contributed by atoms with E-state index < -0.39 is 5.97 Å². The summed E-state index contributed by atoms with van der Waals surface area (Å²) < 4.78 is 1.90. The Morgan fingerprint density at radius 1 is 1.57 bits per heavy atom. The van der Waals surface area contributed by atoms with Crippen LogP contribution < -0.4 is 11.2 Å². The van der Waals surface area contributed by atoms with Gasteiger partial charge in [-0.2, -0.15) is 0 Å². The number of nitrogens with two attached hydrogens (primary N) is 1. The molecule has 0 spiro atoms. The molecule has 14 heavy (non-hydrogen) atoms. The summed E-state index contributed by atoms with van der Waals surface area (Å²) in [6.45, 7) is 0.290. The topological polar surface area (TPSA) is 85.3 Å². The second kappa shape index (κ2) is 4.28. The van der Waals surface area contributed by atoms with Crippen molar-refractivity contribution in [2.45, 2.75) is 13.0 Å². The van der Waals surface area contributed by atoms with Gasteiger partial charge in [0.2, 0.25) is 5.43 Å². The predicted octanol–water partition coefficient (Wildman–Crippen LogP) is 0.668. The van der Waals surface area contributed by atoms with E-state index in [1.165, 1.54) is 12.4 Å². The van der Waals surface area contributed by atoms with Crippen molar-refractivity contribution in [3.63, 3.8) is 0 Å². The fourth-order valence-corrected chi connectivity index (χ4v) is 1.46. The first-order valence-electron chi connectivity index (χ1n) is 3.87. The van der Waals surface area contributed by atoms with Crippen LogP contribution in [-0.4, -0.2) is 15.6 Å². The van der Waals surface area contributed by atoms with E-state index in [-0.39, 0.29) is 17.5 Å². The number of aliphatic carboxylic acids is 1. The fourth-order valence-electron chi connectivity index (χ4n) is 0.970. The molecule has 0 amide bonds. The van der Waals surface area contributed by atoms with Gasteiger partial charge in [0.25, 0.3) is 0 Å². The number of nitrogens with zero attached hydrogens (tertiary/aromatic N) is 1. The lowest BCUT2D eigenvalue weighted by Gasteiger charge is -2.05. The van der Waals surface area contributed by atoms with Gasteiger partial charge in [0.15, 0.2) is 0 Å². The highest BCUT2D eigenvalue weighted by Crippen LogP contribution is 2.06. The molecule has 3 N–H and O–H groups in total. The molecular formula is C8H9BrN2O3. The highest BCUT2D eigenvalue weighted by atomic mass is 79.9. The van der Waals surface area contributed by atoms with E-state index in [1.807, 2.05) is 0 Å². The molecule has 1 rings (SSSR count). The van der Waals surface area contributed by atoms with Gasteiger partial charge in [-0.1, -0.05) is 0 Å². The number of aromatic nitrogens is 1. The standard InChI is InChI=1S/C8H9BrN2O3/c9-5-3-11(2-1-7(12)13)4-6(10)8(5)14/h3-4H,1-2,10H2,(H,12,13). The predicted molar refractivity (Wildman–Crippen MR) is 55.1 cm³/mol. The maximum atomic E-state index is 11.2. The summed E-state index contributed by atoms with van der Waals surface area (Å²) in [5.74, 6) is -0.890. The molecule has 0 saturated carbocycles. The largest absolute Gasteiger partial charge is 0.481 e. The van der Waals surface area contributed by atoms with E-state index in [2.05, 4.69) is 15.9 Å². The van der Waals surface area contributed by atoms with Crippen molar-refractivity contribution in [2.75, 3.05) is 5.73 Å². The van der Waals surface area contributed by atoms with E-state index in [1.54, 1.807) is 4.57 Å². The van der Waals surface area contributed by atoms with Gasteiger partial charge >= 0.3 is 5.97 Å². The summed E-state index contributed by atoms with van der Waals surface area (Å²) in [5.41, 5.74) is 5.24. The van der Waals surface area contributed by atoms with E-state index in [9.17, 15) is 9.59 Å². The third-order valence-corrected chi connectivity index (χ3v) is 2.21. The second-order valence-electron chi connectivity index (χ2n) is 2.77. The Morgan fingerprint density at radius 3 is 2.71 bits per heavy atom. The molecule has 1 aromatic heterocycles. The first kappa shape index (κ1) is 10.8. The molecule has 0 aliphatic rings. The van der Waals surface area contributed by atoms with E-state index >= 15 is 0 Å². The summed E-state index contributed by atoms with van der Waals surface area (Å²) in [6.07, 6.45) is 2.94. The van der Waals surface area contributed by atoms with Gasteiger partial charge in [0, 0.05) is 18.9 Å². The van der Waals surface area contributed by atoms with Gasteiger partial charge in [0.05, 0.1) is 16.6 Å². The minimum Gasteiger partial charge on any atom is -0.481 e. The van der Waals surface area contributed by atoms with Crippen LogP contribution >= 0.6 is 15.9 Å². The Bertz CT molecular complexity index is 387. The monoisotopic (exact) mass is 260 g/mol. The lowest BCUT2D eigenvalue weighted by molar-refractivity contribution is -0.137. The Kier molecular flexibility index (Phi) is 3.29. The number of carboxylic acids is 1. The number of rotatable bonds is 3. The SMILES string of the molecule is Nc1cn(CCC(=O)O)cc(Br)c1=O. The van der Waals surface area contributed by atoms with Crippen molar-refractivity contribution in [3.05, 3.63) is 27.1 Å². The summed E-state index contributed by atoms with van der Waals surface area (Å²) >= 11 is 3.04. The Hall–Kier alpha value is -1.30. The average Bonchev–Trinajstić information content (AvgIpc) is 2.10. The highest BCUT2D eigenvalue weighted by Gasteiger charge is 2.03. The summed E-state index contributed by atoms with van der Waals surface area (Å²) in [4.78, 5) is 21.4. The maximum Gasteiger partial charge on any atom is 0.305 e. The van der Waals surface area contributed by atoms with Crippen LogP contribution in [0.5, 0.6) is 0 Å². The third-order valence-electron chi connectivity index (χ3n) is 1.65. The molecule has 0 saturated heterocycles. The minimum atomic E-state index is -0.890.